The summed E-state index contributed by atoms with van der Waals surface area (Å²) in [6.45, 7) is 3.35. The number of nitroso groups, excluding NO2 is 1. The average Bonchev–Trinajstić information content (AvgIpc) is 3.41. The summed E-state index contributed by atoms with van der Waals surface area (Å²) in [5, 5.41) is 2.72. The predicted octanol–water partition coefficient (Wildman–Crippen LogP) is 3.09. The van der Waals surface area contributed by atoms with Crippen molar-refractivity contribution in [3.05, 3.63) is 16.6 Å². The van der Waals surface area contributed by atoms with Crippen molar-refractivity contribution >= 4 is 23.1 Å². The minimum absolute atomic E-state index is 0.0700. The molecule has 7 nitrogen and oxygen atoms in total. The van der Waals surface area contributed by atoms with E-state index in [4.69, 9.17) is 4.74 Å². The molecule has 0 aromatic heterocycles. The Labute approximate surface area is 158 Å². The first-order chi connectivity index (χ1) is 12.8. The van der Waals surface area contributed by atoms with E-state index >= 15 is 0 Å². The molecule has 3 unspecified atom stereocenters. The van der Waals surface area contributed by atoms with E-state index in [1.54, 1.807) is 0 Å². The Morgan fingerprint density at radius 1 is 1.19 bits per heavy atom. The van der Waals surface area contributed by atoms with Gasteiger partial charge >= 0.3 is 0 Å². The normalized spacial score (nSPS) is 26.8. The van der Waals surface area contributed by atoms with E-state index in [0.29, 0.717) is 37.7 Å². The number of nitrogens with zero attached hydrogens (tertiary/aromatic N) is 1. The maximum atomic E-state index is 12.5. The van der Waals surface area contributed by atoms with Gasteiger partial charge in [0.1, 0.15) is 23.5 Å². The fraction of sp³-hybridized carbons (Fsp3) is 0.700. The Hall–Kier alpha value is -2.02. The van der Waals surface area contributed by atoms with E-state index in [9.17, 15) is 24.1 Å². The zero-order valence-corrected chi connectivity index (χ0v) is 15.9. The summed E-state index contributed by atoms with van der Waals surface area (Å²) in [6, 6.07) is 0. The Balaban J connectivity index is 1.91. The molecular formula is C20H27NO6. The second-order valence-corrected chi connectivity index (χ2v) is 7.40. The molecule has 0 aromatic carbocycles. The van der Waals surface area contributed by atoms with Gasteiger partial charge in [-0.1, -0.05) is 13.0 Å². The molecule has 4 atom stereocenters. The van der Waals surface area contributed by atoms with Crippen LogP contribution in [0.25, 0.3) is 0 Å². The average molecular weight is 377 g/mol. The van der Waals surface area contributed by atoms with E-state index in [1.807, 2.05) is 13.0 Å². The number of hydrogen-bond donors (Lipinski definition) is 0. The lowest BCUT2D eigenvalue weighted by atomic mass is 9.74. The molecule has 0 bridgehead atoms. The van der Waals surface area contributed by atoms with Gasteiger partial charge in [-0.25, -0.2) is 0 Å². The van der Waals surface area contributed by atoms with Crippen molar-refractivity contribution in [2.45, 2.75) is 77.5 Å². The Bertz CT molecular complexity index is 653. The highest BCUT2D eigenvalue weighted by Crippen LogP contribution is 2.34. The Morgan fingerprint density at radius 2 is 1.93 bits per heavy atom. The molecule has 1 aliphatic carbocycles. The molecule has 148 valence electrons. The van der Waals surface area contributed by atoms with E-state index in [1.165, 1.54) is 6.92 Å². The van der Waals surface area contributed by atoms with Crippen molar-refractivity contribution in [3.63, 3.8) is 0 Å². The highest BCUT2D eigenvalue weighted by Gasteiger charge is 2.41. The molecule has 1 heterocycles. The molecule has 2 aliphatic rings. The van der Waals surface area contributed by atoms with Gasteiger partial charge in [0, 0.05) is 38.0 Å². The monoisotopic (exact) mass is 377 g/mol. The maximum absolute atomic E-state index is 12.5. The third-order valence-electron chi connectivity index (χ3n) is 5.33. The fourth-order valence-electron chi connectivity index (χ4n) is 3.65. The largest absolute Gasteiger partial charge is 0.342 e. The van der Waals surface area contributed by atoms with Crippen LogP contribution in [-0.2, 0) is 23.9 Å². The van der Waals surface area contributed by atoms with Crippen LogP contribution in [0.4, 0.5) is 0 Å². The summed E-state index contributed by atoms with van der Waals surface area (Å²) in [5.41, 5.74) is 0.659. The first-order valence-electron chi connectivity index (χ1n) is 9.61. The minimum Gasteiger partial charge on any atom is -0.342 e. The van der Waals surface area contributed by atoms with Gasteiger partial charge < -0.3 is 9.53 Å². The van der Waals surface area contributed by atoms with Gasteiger partial charge in [-0.05, 0) is 42.9 Å². The lowest BCUT2D eigenvalue weighted by Gasteiger charge is -2.28. The van der Waals surface area contributed by atoms with Crippen LogP contribution >= 0.6 is 0 Å². The number of carbonyl (C=O) groups is 4. The van der Waals surface area contributed by atoms with Gasteiger partial charge in [0.25, 0.3) is 0 Å². The molecule has 1 fully saturated rings. The lowest BCUT2D eigenvalue weighted by Crippen LogP contribution is -2.27. The molecule has 0 amide bonds. The van der Waals surface area contributed by atoms with Gasteiger partial charge in [0.15, 0.2) is 5.78 Å². The lowest BCUT2D eigenvalue weighted by molar-refractivity contribution is -0.125. The molecule has 0 saturated carbocycles. The Kier molecular flexibility index (Phi) is 7.71. The van der Waals surface area contributed by atoms with Crippen LogP contribution in [0.5, 0.6) is 0 Å². The maximum Gasteiger partial charge on any atom is 0.216 e. The number of carbonyl (C=O) groups excluding carboxylic acids is 4. The summed E-state index contributed by atoms with van der Waals surface area (Å²) in [7, 11) is 0. The van der Waals surface area contributed by atoms with Gasteiger partial charge in [-0.2, -0.15) is 0 Å². The standard InChI is InChI=1S/C20H27NO6/c1-3-17(24)16-8-6-14(10-13(16)5-4-12(2)22)18(25)9-7-15(23)11-19-20(21-26)27-19/h10,13,16,19-20H,3-9,11H2,1-2H3/t13?,16?,19?,20-/m0/s1. The molecule has 27 heavy (non-hydrogen) atoms. The fourth-order valence-corrected chi connectivity index (χ4v) is 3.65. The van der Waals surface area contributed by atoms with Crippen LogP contribution < -0.4 is 0 Å². The van der Waals surface area contributed by atoms with Crippen molar-refractivity contribution in [2.75, 3.05) is 0 Å². The zero-order chi connectivity index (χ0) is 20.0. The van der Waals surface area contributed by atoms with E-state index in [-0.39, 0.29) is 54.2 Å². The van der Waals surface area contributed by atoms with Crippen molar-refractivity contribution in [2.24, 2.45) is 17.0 Å². The smallest absolute Gasteiger partial charge is 0.216 e. The van der Waals surface area contributed by atoms with E-state index in [0.717, 1.165) is 0 Å². The van der Waals surface area contributed by atoms with Crippen LogP contribution in [0.15, 0.2) is 16.8 Å². The number of rotatable bonds is 12. The number of ether oxygens (including phenoxy) is 1. The zero-order valence-electron chi connectivity index (χ0n) is 15.9. The van der Waals surface area contributed by atoms with E-state index < -0.39 is 12.3 Å². The van der Waals surface area contributed by atoms with E-state index in [2.05, 4.69) is 5.18 Å². The van der Waals surface area contributed by atoms with Gasteiger partial charge in [-0.15, -0.1) is 4.91 Å². The van der Waals surface area contributed by atoms with Crippen molar-refractivity contribution in [1.82, 2.24) is 0 Å². The number of epoxide rings is 1. The highest BCUT2D eigenvalue weighted by atomic mass is 16.6. The first kappa shape index (κ1) is 21.3. The van der Waals surface area contributed by atoms with Crippen LogP contribution in [0.2, 0.25) is 0 Å². The molecule has 2 rings (SSSR count). The third-order valence-corrected chi connectivity index (χ3v) is 5.33. The molecule has 1 saturated heterocycles. The minimum atomic E-state index is -0.722. The first-order valence-corrected chi connectivity index (χ1v) is 9.61. The van der Waals surface area contributed by atoms with Crippen molar-refractivity contribution in [1.29, 1.82) is 0 Å². The van der Waals surface area contributed by atoms with Gasteiger partial charge in [-0.3, -0.25) is 14.4 Å². The molecule has 0 N–H and O–H groups in total. The molecule has 1 aliphatic heterocycles. The van der Waals surface area contributed by atoms with Crippen molar-refractivity contribution < 1.29 is 23.9 Å². The SMILES string of the molecule is CCC(=O)C1CCC(C(=O)CCC(=O)CC2O[C@@H]2N=O)=CC1CCC(C)=O. The molecule has 7 heteroatoms. The van der Waals surface area contributed by atoms with Crippen LogP contribution in [0, 0.1) is 16.7 Å². The summed E-state index contributed by atoms with van der Waals surface area (Å²) < 4.78 is 4.91. The van der Waals surface area contributed by atoms with Gasteiger partial charge in [0.05, 0.1) is 0 Å². The summed E-state index contributed by atoms with van der Waals surface area (Å²) in [5.74, 6) is -0.190. The molecule has 0 aromatic rings. The second kappa shape index (κ2) is 9.78. The number of allylic oxidation sites excluding steroid dienone is 2. The molecular weight excluding hydrogens is 350 g/mol. The number of ketones is 4. The Morgan fingerprint density at radius 3 is 2.52 bits per heavy atom. The predicted molar refractivity (Wildman–Crippen MR) is 97.8 cm³/mol. The van der Waals surface area contributed by atoms with Crippen molar-refractivity contribution in [3.8, 4) is 0 Å². The summed E-state index contributed by atoms with van der Waals surface area (Å²) in [6.07, 6.45) is 3.59. The number of Topliss-reactive ketones (excluding diaryl/α,β-unsaturated/α-hetero) is 4. The highest BCUT2D eigenvalue weighted by molar-refractivity contribution is 5.98. The van der Waals surface area contributed by atoms with Crippen LogP contribution in [0.3, 0.4) is 0 Å². The van der Waals surface area contributed by atoms with Crippen LogP contribution in [-0.4, -0.2) is 35.5 Å². The number of hydrogen-bond acceptors (Lipinski definition) is 7. The topological polar surface area (TPSA) is 110 Å². The second-order valence-electron chi connectivity index (χ2n) is 7.40. The summed E-state index contributed by atoms with van der Waals surface area (Å²) >= 11 is 0. The molecule has 0 spiro atoms. The van der Waals surface area contributed by atoms with Gasteiger partial charge in [0.2, 0.25) is 6.23 Å². The molecule has 0 radical (unpaired) electrons. The summed E-state index contributed by atoms with van der Waals surface area (Å²) in [4.78, 5) is 58.1. The third kappa shape index (κ3) is 6.27. The quantitative estimate of drug-likeness (QED) is 0.382. The van der Waals surface area contributed by atoms with Crippen LogP contribution in [0.1, 0.15) is 65.2 Å².